The molecule has 2 aliphatic rings. The standard InChI is InChI=1S/C32H41PS/c1-19-12-20(2)15-25(14-19)33(26-16-21(3)13-22(4)17-26)30-24(6)34-23(5)29(30)27-18-32(9)11-10-28(27)31(32,7)8/h12-17,27-28H,10-11,18H2,1-9H3. The summed E-state index contributed by atoms with van der Waals surface area (Å²) in [6, 6.07) is 14.5. The number of thiophene rings is 1. The van der Waals surface area contributed by atoms with Crippen LogP contribution in [0.3, 0.4) is 0 Å². The number of fused-ring (bicyclic) bond motifs is 2. The maximum atomic E-state index is 2.58. The summed E-state index contributed by atoms with van der Waals surface area (Å²) in [5.41, 5.74) is 8.16. The third kappa shape index (κ3) is 3.74. The van der Waals surface area contributed by atoms with E-state index in [-0.39, 0.29) is 0 Å². The van der Waals surface area contributed by atoms with Gasteiger partial charge in [0.05, 0.1) is 0 Å². The second kappa shape index (κ2) is 8.31. The molecule has 2 saturated carbocycles. The molecule has 0 aliphatic heterocycles. The second-order valence-corrected chi connectivity index (χ2v) is 15.8. The molecule has 2 aromatic carbocycles. The van der Waals surface area contributed by atoms with Crippen molar-refractivity contribution < 1.29 is 0 Å². The lowest BCUT2D eigenvalue weighted by Crippen LogP contribution is -2.28. The number of aryl methyl sites for hydroxylation is 6. The lowest BCUT2D eigenvalue weighted by atomic mass is 9.71. The average molecular weight is 489 g/mol. The lowest BCUT2D eigenvalue weighted by Gasteiger charge is -2.34. The second-order valence-electron chi connectivity index (χ2n) is 12.2. The molecule has 0 nitrogen and oxygen atoms in total. The summed E-state index contributed by atoms with van der Waals surface area (Å²) in [7, 11) is -0.594. The summed E-state index contributed by atoms with van der Waals surface area (Å²) >= 11 is 2.06. The highest BCUT2D eigenvalue weighted by molar-refractivity contribution is 7.80. The molecule has 1 heterocycles. The van der Waals surface area contributed by atoms with E-state index in [1.165, 1.54) is 52.1 Å². The molecule has 0 amide bonds. The van der Waals surface area contributed by atoms with Gasteiger partial charge in [-0.1, -0.05) is 79.4 Å². The summed E-state index contributed by atoms with van der Waals surface area (Å²) in [6.45, 7) is 21.6. The van der Waals surface area contributed by atoms with Crippen LogP contribution in [0.2, 0.25) is 0 Å². The van der Waals surface area contributed by atoms with Gasteiger partial charge in [0.25, 0.3) is 0 Å². The van der Waals surface area contributed by atoms with Crippen molar-refractivity contribution in [2.24, 2.45) is 16.7 Å². The first kappa shape index (κ1) is 24.3. The van der Waals surface area contributed by atoms with E-state index < -0.39 is 7.92 Å². The van der Waals surface area contributed by atoms with Crippen molar-refractivity contribution in [1.29, 1.82) is 0 Å². The molecule has 0 radical (unpaired) electrons. The van der Waals surface area contributed by atoms with E-state index in [4.69, 9.17) is 0 Å². The Kier molecular flexibility index (Phi) is 5.94. The fraction of sp³-hybridized carbons (Fsp3) is 0.500. The Morgan fingerprint density at radius 3 is 1.65 bits per heavy atom. The third-order valence-corrected chi connectivity index (χ3v) is 13.2. The van der Waals surface area contributed by atoms with E-state index in [9.17, 15) is 0 Å². The van der Waals surface area contributed by atoms with Gasteiger partial charge in [-0.15, -0.1) is 11.3 Å². The highest BCUT2D eigenvalue weighted by Gasteiger charge is 2.61. The van der Waals surface area contributed by atoms with Gasteiger partial charge in [0.15, 0.2) is 0 Å². The fourth-order valence-corrected chi connectivity index (χ4v) is 12.1. The lowest BCUT2D eigenvalue weighted by molar-refractivity contribution is 0.152. The first-order valence-corrected chi connectivity index (χ1v) is 15.1. The monoisotopic (exact) mass is 488 g/mol. The van der Waals surface area contributed by atoms with Crippen LogP contribution >= 0.6 is 19.3 Å². The molecular weight excluding hydrogens is 447 g/mol. The Morgan fingerprint density at radius 2 is 1.24 bits per heavy atom. The molecule has 0 N–H and O–H groups in total. The molecule has 3 unspecified atom stereocenters. The zero-order valence-corrected chi connectivity index (χ0v) is 24.3. The normalized spacial score (nSPS) is 25.5. The number of hydrogen-bond acceptors (Lipinski definition) is 1. The SMILES string of the molecule is Cc1cc(C)cc(P(c2cc(C)cc(C)c2)c2c(C)sc(C)c2C2CC3(C)CCC2C3(C)C)c1. The van der Waals surface area contributed by atoms with Crippen molar-refractivity contribution in [2.45, 2.75) is 87.5 Å². The Morgan fingerprint density at radius 1 is 0.735 bits per heavy atom. The first-order valence-electron chi connectivity index (χ1n) is 13.0. The van der Waals surface area contributed by atoms with Crippen LogP contribution in [0, 0.1) is 58.3 Å². The smallest absolute Gasteiger partial charge is 0.0103 e. The van der Waals surface area contributed by atoms with Crippen LogP contribution in [-0.4, -0.2) is 0 Å². The van der Waals surface area contributed by atoms with E-state index >= 15 is 0 Å². The maximum absolute atomic E-state index is 2.58. The molecule has 2 bridgehead atoms. The first-order chi connectivity index (χ1) is 15.9. The van der Waals surface area contributed by atoms with Crippen LogP contribution in [0.25, 0.3) is 0 Å². The topological polar surface area (TPSA) is 0 Å². The van der Waals surface area contributed by atoms with Gasteiger partial charge in [-0.05, 0) is 108 Å². The van der Waals surface area contributed by atoms with Crippen LogP contribution in [0.4, 0.5) is 0 Å². The molecule has 2 fully saturated rings. The number of hydrogen-bond donors (Lipinski definition) is 0. The van der Waals surface area contributed by atoms with Crippen molar-refractivity contribution in [2.75, 3.05) is 0 Å². The van der Waals surface area contributed by atoms with E-state index in [0.29, 0.717) is 16.7 Å². The van der Waals surface area contributed by atoms with E-state index in [1.807, 2.05) is 0 Å². The van der Waals surface area contributed by atoms with Crippen molar-refractivity contribution in [3.63, 3.8) is 0 Å². The fourth-order valence-electron chi connectivity index (χ4n) is 7.58. The van der Waals surface area contributed by atoms with Gasteiger partial charge in [0, 0.05) is 15.1 Å². The van der Waals surface area contributed by atoms with Crippen molar-refractivity contribution in [3.05, 3.63) is 74.0 Å². The summed E-state index contributed by atoms with van der Waals surface area (Å²) in [6.07, 6.45) is 4.16. The van der Waals surface area contributed by atoms with Gasteiger partial charge in [-0.2, -0.15) is 0 Å². The zero-order valence-electron chi connectivity index (χ0n) is 22.6. The van der Waals surface area contributed by atoms with Gasteiger partial charge >= 0.3 is 0 Å². The summed E-state index contributed by atoms with van der Waals surface area (Å²) in [5, 5.41) is 4.73. The van der Waals surface area contributed by atoms with Crippen LogP contribution in [0.1, 0.15) is 83.5 Å². The molecule has 3 aromatic rings. The van der Waals surface area contributed by atoms with Crippen molar-refractivity contribution in [3.8, 4) is 0 Å². The van der Waals surface area contributed by atoms with Crippen LogP contribution in [0.15, 0.2) is 36.4 Å². The molecule has 3 atom stereocenters. The maximum Gasteiger partial charge on any atom is 0.0103 e. The highest BCUT2D eigenvalue weighted by atomic mass is 32.1. The molecule has 0 spiro atoms. The Bertz CT molecular complexity index is 1170. The quantitative estimate of drug-likeness (QED) is 0.324. The molecule has 5 rings (SSSR count). The molecule has 1 aromatic heterocycles. The average Bonchev–Trinajstić information content (AvgIpc) is 3.19. The minimum Gasteiger partial charge on any atom is -0.145 e. The van der Waals surface area contributed by atoms with Gasteiger partial charge in [-0.3, -0.25) is 0 Å². The van der Waals surface area contributed by atoms with Crippen LogP contribution in [-0.2, 0) is 0 Å². The van der Waals surface area contributed by atoms with Crippen molar-refractivity contribution in [1.82, 2.24) is 0 Å². The molecule has 34 heavy (non-hydrogen) atoms. The predicted molar refractivity (Wildman–Crippen MR) is 153 cm³/mol. The van der Waals surface area contributed by atoms with E-state index in [2.05, 4.69) is 110 Å². The molecule has 2 aliphatic carbocycles. The minimum atomic E-state index is -0.594. The predicted octanol–water partition coefficient (Wildman–Crippen LogP) is 8.29. The van der Waals surface area contributed by atoms with E-state index in [0.717, 1.165) is 5.92 Å². The molecule has 180 valence electrons. The van der Waals surface area contributed by atoms with Crippen LogP contribution in [0.5, 0.6) is 0 Å². The Labute approximate surface area is 213 Å². The summed E-state index contributed by atoms with van der Waals surface area (Å²) in [4.78, 5) is 3.12. The molecule has 2 heteroatoms. The number of benzene rings is 2. The largest absolute Gasteiger partial charge is 0.145 e. The molecule has 0 saturated heterocycles. The summed E-state index contributed by atoms with van der Waals surface area (Å²) < 4.78 is 0. The van der Waals surface area contributed by atoms with Gasteiger partial charge in [0.1, 0.15) is 0 Å². The van der Waals surface area contributed by atoms with Crippen LogP contribution < -0.4 is 15.9 Å². The number of rotatable bonds is 4. The summed E-state index contributed by atoms with van der Waals surface area (Å²) in [5.74, 6) is 1.51. The Balaban J connectivity index is 1.75. The minimum absolute atomic E-state index is 0.430. The van der Waals surface area contributed by atoms with E-state index in [1.54, 1.807) is 20.6 Å². The Hall–Kier alpha value is -1.43. The van der Waals surface area contributed by atoms with Gasteiger partial charge < -0.3 is 0 Å². The van der Waals surface area contributed by atoms with Gasteiger partial charge in [0.2, 0.25) is 0 Å². The zero-order chi connectivity index (χ0) is 24.6. The third-order valence-electron chi connectivity index (χ3n) is 9.44. The van der Waals surface area contributed by atoms with Gasteiger partial charge in [-0.25, -0.2) is 0 Å². The van der Waals surface area contributed by atoms with Crippen molar-refractivity contribution >= 4 is 35.2 Å². The highest BCUT2D eigenvalue weighted by Crippen LogP contribution is 2.70. The molecular formula is C32H41PS.